The van der Waals surface area contributed by atoms with Crippen LogP contribution >= 0.6 is 22.9 Å². The van der Waals surface area contributed by atoms with Crippen LogP contribution in [0, 0.1) is 6.92 Å². The molecule has 0 unspecified atom stereocenters. The van der Waals surface area contributed by atoms with E-state index in [1.807, 2.05) is 6.92 Å². The van der Waals surface area contributed by atoms with Crippen molar-refractivity contribution in [3.05, 3.63) is 68.0 Å². The summed E-state index contributed by atoms with van der Waals surface area (Å²) in [5.41, 5.74) is 0.634. The van der Waals surface area contributed by atoms with Gasteiger partial charge in [0, 0.05) is 22.2 Å². The fourth-order valence-corrected chi connectivity index (χ4v) is 2.92. The molecule has 3 aromatic rings. The summed E-state index contributed by atoms with van der Waals surface area (Å²) < 4.78 is 6.65. The van der Waals surface area contributed by atoms with E-state index in [0.717, 1.165) is 4.88 Å². The molecule has 112 valence electrons. The topological polar surface area (TPSA) is 60.7 Å². The van der Waals surface area contributed by atoms with Gasteiger partial charge >= 0.3 is 5.97 Å². The molecule has 1 aromatic carbocycles. The summed E-state index contributed by atoms with van der Waals surface area (Å²) in [6.07, 6.45) is 1.73. The fourth-order valence-electron chi connectivity index (χ4n) is 1.94. The third-order valence-electron chi connectivity index (χ3n) is 2.97. The lowest BCUT2D eigenvalue weighted by Crippen LogP contribution is -2.14. The van der Waals surface area contributed by atoms with E-state index in [1.165, 1.54) is 21.8 Å². The van der Waals surface area contributed by atoms with Crippen LogP contribution in [0.15, 0.2) is 41.3 Å². The number of carbonyl (C=O) groups excluding carboxylic acids is 1. The van der Waals surface area contributed by atoms with Crippen molar-refractivity contribution in [2.45, 2.75) is 13.5 Å². The first-order valence-corrected chi connectivity index (χ1v) is 7.64. The van der Waals surface area contributed by atoms with Gasteiger partial charge in [0.1, 0.15) is 6.61 Å². The van der Waals surface area contributed by atoms with Crippen LogP contribution in [-0.2, 0) is 11.3 Å². The molecule has 0 saturated carbocycles. The minimum Gasteiger partial charge on any atom is -0.456 e. The number of aryl methyl sites for hydroxylation is 1. The van der Waals surface area contributed by atoms with Gasteiger partial charge in [-0.05, 0) is 31.2 Å². The van der Waals surface area contributed by atoms with Gasteiger partial charge in [0.25, 0.3) is 5.56 Å². The number of thiazole rings is 1. The maximum atomic E-state index is 11.9. The number of esters is 1. The second kappa shape index (κ2) is 5.90. The van der Waals surface area contributed by atoms with Gasteiger partial charge in [-0.15, -0.1) is 11.3 Å². The van der Waals surface area contributed by atoms with Gasteiger partial charge in [-0.1, -0.05) is 11.6 Å². The Balaban J connectivity index is 1.77. The smallest absolute Gasteiger partial charge is 0.338 e. The number of fused-ring (bicyclic) bond motifs is 1. The van der Waals surface area contributed by atoms with E-state index in [4.69, 9.17) is 16.3 Å². The second-order valence-electron chi connectivity index (χ2n) is 4.66. The van der Waals surface area contributed by atoms with Gasteiger partial charge in [-0.2, -0.15) is 0 Å². The Labute approximate surface area is 134 Å². The lowest BCUT2D eigenvalue weighted by atomic mass is 10.2. The highest BCUT2D eigenvalue weighted by molar-refractivity contribution is 7.16. The largest absolute Gasteiger partial charge is 0.456 e. The standard InChI is InChI=1S/C15H11ClN2O3S/c1-9-7-18-13(19)6-12(17-15(18)22-9)8-21-14(20)10-2-4-11(16)5-3-10/h2-7H,8H2,1H3. The normalized spacial score (nSPS) is 10.8. The molecule has 0 radical (unpaired) electrons. The number of hydrogen-bond donors (Lipinski definition) is 0. The first-order chi connectivity index (χ1) is 10.5. The van der Waals surface area contributed by atoms with Crippen molar-refractivity contribution >= 4 is 33.9 Å². The first-order valence-electron chi connectivity index (χ1n) is 6.44. The van der Waals surface area contributed by atoms with Crippen LogP contribution in [0.1, 0.15) is 20.9 Å². The monoisotopic (exact) mass is 334 g/mol. The van der Waals surface area contributed by atoms with E-state index < -0.39 is 5.97 Å². The van der Waals surface area contributed by atoms with Crippen LogP contribution in [0.25, 0.3) is 4.96 Å². The number of nitrogens with zero attached hydrogens (tertiary/aromatic N) is 2. The van der Waals surface area contributed by atoms with Crippen LogP contribution in [-0.4, -0.2) is 15.4 Å². The van der Waals surface area contributed by atoms with E-state index in [-0.39, 0.29) is 12.2 Å². The van der Waals surface area contributed by atoms with Crippen LogP contribution in [0.3, 0.4) is 0 Å². The molecule has 0 N–H and O–H groups in total. The third-order valence-corrected chi connectivity index (χ3v) is 4.12. The molecule has 0 aliphatic rings. The number of halogens is 1. The number of rotatable bonds is 3. The molecule has 0 saturated heterocycles. The summed E-state index contributed by atoms with van der Waals surface area (Å²) in [7, 11) is 0. The van der Waals surface area contributed by atoms with Crippen LogP contribution in [0.2, 0.25) is 5.02 Å². The Morgan fingerprint density at radius 2 is 2.09 bits per heavy atom. The quantitative estimate of drug-likeness (QED) is 0.691. The molecule has 2 heterocycles. The van der Waals surface area contributed by atoms with Gasteiger partial charge in [0.15, 0.2) is 4.96 Å². The van der Waals surface area contributed by atoms with E-state index >= 15 is 0 Å². The predicted molar refractivity (Wildman–Crippen MR) is 84.6 cm³/mol. The van der Waals surface area contributed by atoms with Crippen molar-refractivity contribution in [1.82, 2.24) is 9.38 Å². The highest BCUT2D eigenvalue weighted by Crippen LogP contribution is 2.14. The van der Waals surface area contributed by atoms with E-state index in [0.29, 0.717) is 21.2 Å². The van der Waals surface area contributed by atoms with Crippen LogP contribution in [0.5, 0.6) is 0 Å². The van der Waals surface area contributed by atoms with E-state index in [2.05, 4.69) is 4.98 Å². The number of carbonyl (C=O) groups is 1. The SMILES string of the molecule is Cc1cn2c(=O)cc(COC(=O)c3ccc(Cl)cc3)nc2s1. The Bertz CT molecular complexity index is 899. The summed E-state index contributed by atoms with van der Waals surface area (Å²) in [6, 6.07) is 7.76. The Morgan fingerprint density at radius 3 is 2.82 bits per heavy atom. The molecule has 0 aliphatic carbocycles. The first kappa shape index (κ1) is 14.7. The minimum absolute atomic E-state index is 0.0514. The molecule has 3 rings (SSSR count). The molecule has 5 nitrogen and oxygen atoms in total. The van der Waals surface area contributed by atoms with Gasteiger partial charge < -0.3 is 4.74 Å². The van der Waals surface area contributed by atoms with Crippen molar-refractivity contribution in [3.63, 3.8) is 0 Å². The maximum Gasteiger partial charge on any atom is 0.338 e. The van der Waals surface area contributed by atoms with Crippen molar-refractivity contribution in [2.24, 2.45) is 0 Å². The zero-order valence-electron chi connectivity index (χ0n) is 11.6. The molecule has 0 spiro atoms. The van der Waals surface area contributed by atoms with Gasteiger partial charge in [0.05, 0.1) is 11.3 Å². The fraction of sp³-hybridized carbons (Fsp3) is 0.133. The Morgan fingerprint density at radius 1 is 1.36 bits per heavy atom. The average Bonchev–Trinajstić information content (AvgIpc) is 2.86. The predicted octanol–water partition coefficient (Wildman–Crippen LogP) is 3.07. The molecule has 0 atom stereocenters. The van der Waals surface area contributed by atoms with Crippen molar-refractivity contribution in [1.29, 1.82) is 0 Å². The van der Waals surface area contributed by atoms with Gasteiger partial charge in [-0.3, -0.25) is 9.20 Å². The summed E-state index contributed by atoms with van der Waals surface area (Å²) in [5, 5.41) is 0.546. The van der Waals surface area contributed by atoms with Crippen molar-refractivity contribution < 1.29 is 9.53 Å². The van der Waals surface area contributed by atoms with Gasteiger partial charge in [0.2, 0.25) is 0 Å². The molecular formula is C15H11ClN2O3S. The number of benzene rings is 1. The Hall–Kier alpha value is -2.18. The highest BCUT2D eigenvalue weighted by atomic mass is 35.5. The van der Waals surface area contributed by atoms with E-state index in [9.17, 15) is 9.59 Å². The van der Waals surface area contributed by atoms with Crippen LogP contribution in [0.4, 0.5) is 0 Å². The third kappa shape index (κ3) is 3.03. The molecule has 0 fully saturated rings. The molecule has 0 aliphatic heterocycles. The second-order valence-corrected chi connectivity index (χ2v) is 6.31. The Kier molecular flexibility index (Phi) is 3.96. The summed E-state index contributed by atoms with van der Waals surface area (Å²) in [5.74, 6) is -0.485. The summed E-state index contributed by atoms with van der Waals surface area (Å²) in [6.45, 7) is 1.85. The minimum atomic E-state index is -0.485. The molecule has 0 bridgehead atoms. The molecular weight excluding hydrogens is 324 g/mol. The molecule has 2 aromatic heterocycles. The van der Waals surface area contributed by atoms with E-state index in [1.54, 1.807) is 30.5 Å². The van der Waals surface area contributed by atoms with Crippen LogP contribution < -0.4 is 5.56 Å². The number of aromatic nitrogens is 2. The summed E-state index contributed by atoms with van der Waals surface area (Å²) in [4.78, 5) is 29.7. The molecule has 22 heavy (non-hydrogen) atoms. The van der Waals surface area contributed by atoms with Gasteiger partial charge in [-0.25, -0.2) is 9.78 Å². The molecule has 7 heteroatoms. The lowest BCUT2D eigenvalue weighted by molar-refractivity contribution is 0.0468. The number of ether oxygens (including phenoxy) is 1. The van der Waals surface area contributed by atoms with Crippen molar-refractivity contribution in [2.75, 3.05) is 0 Å². The van der Waals surface area contributed by atoms with Crippen molar-refractivity contribution in [3.8, 4) is 0 Å². The zero-order chi connectivity index (χ0) is 15.7. The average molecular weight is 335 g/mol. The molecule has 0 amide bonds. The lowest BCUT2D eigenvalue weighted by Gasteiger charge is -2.04. The zero-order valence-corrected chi connectivity index (χ0v) is 13.1. The summed E-state index contributed by atoms with van der Waals surface area (Å²) >= 11 is 7.18. The number of hydrogen-bond acceptors (Lipinski definition) is 5. The maximum absolute atomic E-state index is 11.9. The highest BCUT2D eigenvalue weighted by Gasteiger charge is 2.10.